The second kappa shape index (κ2) is 8.11. The van der Waals surface area contributed by atoms with Gasteiger partial charge < -0.3 is 10.3 Å². The van der Waals surface area contributed by atoms with Gasteiger partial charge in [-0.2, -0.15) is 0 Å². The first kappa shape index (κ1) is 19.8. The number of aromatic nitrogens is 2. The van der Waals surface area contributed by atoms with Gasteiger partial charge in [0.1, 0.15) is 10.7 Å². The highest BCUT2D eigenvalue weighted by Crippen LogP contribution is 2.35. The van der Waals surface area contributed by atoms with E-state index in [-0.39, 0.29) is 11.6 Å². The zero-order valence-corrected chi connectivity index (χ0v) is 18.1. The van der Waals surface area contributed by atoms with E-state index in [1.54, 1.807) is 11.3 Å². The van der Waals surface area contributed by atoms with Crippen LogP contribution in [-0.4, -0.2) is 9.97 Å². The van der Waals surface area contributed by atoms with Crippen LogP contribution in [0.15, 0.2) is 53.3 Å². The van der Waals surface area contributed by atoms with Gasteiger partial charge in [0, 0.05) is 21.5 Å². The summed E-state index contributed by atoms with van der Waals surface area (Å²) < 4.78 is 0. The number of hydrogen-bond donors (Lipinski definition) is 2. The Morgan fingerprint density at radius 1 is 1.14 bits per heavy atom. The van der Waals surface area contributed by atoms with Gasteiger partial charge in [0.15, 0.2) is 0 Å². The Labute approximate surface area is 178 Å². The van der Waals surface area contributed by atoms with E-state index in [0.29, 0.717) is 17.8 Å². The van der Waals surface area contributed by atoms with Crippen LogP contribution in [0.5, 0.6) is 0 Å². The molecule has 6 heteroatoms. The van der Waals surface area contributed by atoms with Crippen LogP contribution in [0.3, 0.4) is 0 Å². The summed E-state index contributed by atoms with van der Waals surface area (Å²) in [5.74, 6) is 0.623. The minimum absolute atomic E-state index is 0.0397. The van der Waals surface area contributed by atoms with Crippen LogP contribution in [0, 0.1) is 13.8 Å². The largest absolute Gasteiger partial charge is 0.309 e. The van der Waals surface area contributed by atoms with Gasteiger partial charge in [-0.15, -0.1) is 11.3 Å². The number of halogens is 1. The smallest absolute Gasteiger partial charge is 0.260 e. The van der Waals surface area contributed by atoms with Crippen LogP contribution in [0.2, 0.25) is 5.02 Å². The van der Waals surface area contributed by atoms with Gasteiger partial charge in [-0.05, 0) is 38.0 Å². The van der Waals surface area contributed by atoms with E-state index in [4.69, 9.17) is 16.6 Å². The van der Waals surface area contributed by atoms with Gasteiger partial charge >= 0.3 is 0 Å². The highest BCUT2D eigenvalue weighted by Gasteiger charge is 2.17. The lowest BCUT2D eigenvalue weighted by Crippen LogP contribution is -2.22. The molecular formula is C23H22ClN3OS. The molecule has 0 aliphatic carbocycles. The minimum Gasteiger partial charge on any atom is -0.309 e. The summed E-state index contributed by atoms with van der Waals surface area (Å²) in [5, 5.41) is 4.78. The summed E-state index contributed by atoms with van der Waals surface area (Å²) >= 11 is 7.84. The predicted octanol–water partition coefficient (Wildman–Crippen LogP) is 5.77. The molecule has 4 aromatic rings. The van der Waals surface area contributed by atoms with Gasteiger partial charge in [-0.25, -0.2) is 4.98 Å². The molecule has 0 fully saturated rings. The monoisotopic (exact) mass is 423 g/mol. The third kappa shape index (κ3) is 3.99. The van der Waals surface area contributed by atoms with Crippen LogP contribution in [0.25, 0.3) is 21.3 Å². The molecule has 2 N–H and O–H groups in total. The molecule has 148 valence electrons. The van der Waals surface area contributed by atoms with E-state index in [1.807, 2.05) is 38.1 Å². The molecule has 0 spiro atoms. The molecule has 2 aromatic carbocycles. The molecule has 0 unspecified atom stereocenters. The summed E-state index contributed by atoms with van der Waals surface area (Å²) in [6.07, 6.45) is 0. The van der Waals surface area contributed by atoms with Crippen LogP contribution in [-0.2, 0) is 6.54 Å². The maximum Gasteiger partial charge on any atom is 0.260 e. The summed E-state index contributed by atoms with van der Waals surface area (Å²) in [4.78, 5) is 22.4. The summed E-state index contributed by atoms with van der Waals surface area (Å²) in [7, 11) is 0. The lowest BCUT2D eigenvalue weighted by Gasteiger charge is -2.15. The first-order valence-electron chi connectivity index (χ1n) is 9.51. The van der Waals surface area contributed by atoms with Crippen molar-refractivity contribution in [1.29, 1.82) is 0 Å². The van der Waals surface area contributed by atoms with Crippen LogP contribution < -0.4 is 10.9 Å². The van der Waals surface area contributed by atoms with E-state index in [1.165, 1.54) is 5.56 Å². The fraction of sp³-hybridized carbons (Fsp3) is 0.217. The van der Waals surface area contributed by atoms with Gasteiger partial charge in [0.05, 0.1) is 11.9 Å². The van der Waals surface area contributed by atoms with Crippen molar-refractivity contribution in [1.82, 2.24) is 15.3 Å². The lowest BCUT2D eigenvalue weighted by molar-refractivity contribution is 0.560. The van der Waals surface area contributed by atoms with Gasteiger partial charge in [-0.1, -0.05) is 59.6 Å². The molecule has 0 saturated carbocycles. The van der Waals surface area contributed by atoms with E-state index in [2.05, 4.69) is 41.5 Å². The standard InChI is InChI=1S/C23H22ClN3OS/c1-13-8-10-16(11-9-13)20-15(3)29-23-21(20)22(28)26-19(27-23)12-25-14(2)17-6-4-5-7-18(17)24/h4-11,14,25H,12H2,1-3H3,(H,26,27,28)/t14-/m1/s1. The first-order valence-corrected chi connectivity index (χ1v) is 10.7. The molecule has 0 aliphatic rings. The Kier molecular flexibility index (Phi) is 5.54. The summed E-state index contributed by atoms with van der Waals surface area (Å²) in [6.45, 7) is 6.59. The zero-order valence-electron chi connectivity index (χ0n) is 16.5. The van der Waals surface area contributed by atoms with Crippen molar-refractivity contribution < 1.29 is 0 Å². The third-order valence-electron chi connectivity index (χ3n) is 5.07. The molecule has 0 saturated heterocycles. The van der Waals surface area contributed by atoms with E-state index >= 15 is 0 Å². The van der Waals surface area contributed by atoms with Crippen molar-refractivity contribution in [3.63, 3.8) is 0 Å². The fourth-order valence-corrected chi connectivity index (χ4v) is 4.87. The number of nitrogens with zero attached hydrogens (tertiary/aromatic N) is 1. The Balaban J connectivity index is 1.64. The second-order valence-electron chi connectivity index (χ2n) is 7.22. The van der Waals surface area contributed by atoms with Crippen LogP contribution in [0.1, 0.15) is 34.8 Å². The molecule has 0 radical (unpaired) electrons. The van der Waals surface area contributed by atoms with Crippen molar-refractivity contribution >= 4 is 33.2 Å². The van der Waals surface area contributed by atoms with E-state index in [9.17, 15) is 4.79 Å². The minimum atomic E-state index is -0.0999. The van der Waals surface area contributed by atoms with Crippen LogP contribution in [0.4, 0.5) is 0 Å². The van der Waals surface area contributed by atoms with Crippen molar-refractivity contribution in [2.24, 2.45) is 0 Å². The molecule has 1 atom stereocenters. The van der Waals surface area contributed by atoms with E-state index < -0.39 is 0 Å². The number of hydrogen-bond acceptors (Lipinski definition) is 4. The lowest BCUT2D eigenvalue weighted by atomic mass is 10.0. The maximum atomic E-state index is 12.9. The number of aromatic amines is 1. The van der Waals surface area contributed by atoms with Crippen molar-refractivity contribution in [3.05, 3.63) is 85.7 Å². The number of benzene rings is 2. The number of fused-ring (bicyclic) bond motifs is 1. The SMILES string of the molecule is Cc1ccc(-c2c(C)sc3nc(CN[C@H](C)c4ccccc4Cl)[nH]c(=O)c23)cc1. The fourth-order valence-electron chi connectivity index (χ4n) is 3.50. The molecule has 4 nitrogen and oxygen atoms in total. The number of nitrogens with one attached hydrogen (secondary N) is 2. The molecular weight excluding hydrogens is 402 g/mol. The van der Waals surface area contributed by atoms with Crippen molar-refractivity contribution in [2.45, 2.75) is 33.4 Å². The molecule has 2 aromatic heterocycles. The average Bonchev–Trinajstić information content (AvgIpc) is 3.03. The third-order valence-corrected chi connectivity index (χ3v) is 6.42. The molecule has 0 bridgehead atoms. The Morgan fingerprint density at radius 3 is 2.59 bits per heavy atom. The summed E-state index contributed by atoms with van der Waals surface area (Å²) in [6, 6.07) is 16.0. The van der Waals surface area contributed by atoms with E-state index in [0.717, 1.165) is 31.4 Å². The van der Waals surface area contributed by atoms with Gasteiger partial charge in [0.25, 0.3) is 5.56 Å². The first-order chi connectivity index (χ1) is 13.9. The Morgan fingerprint density at radius 2 is 1.86 bits per heavy atom. The molecule has 0 aliphatic heterocycles. The summed E-state index contributed by atoms with van der Waals surface area (Å²) in [5.41, 5.74) is 4.13. The average molecular weight is 424 g/mol. The van der Waals surface area contributed by atoms with Crippen molar-refractivity contribution in [3.8, 4) is 11.1 Å². The zero-order chi connectivity index (χ0) is 20.5. The maximum absolute atomic E-state index is 12.9. The number of H-pyrrole nitrogens is 1. The highest BCUT2D eigenvalue weighted by atomic mass is 35.5. The molecule has 2 heterocycles. The normalized spacial score (nSPS) is 12.4. The molecule has 29 heavy (non-hydrogen) atoms. The quantitative estimate of drug-likeness (QED) is 0.428. The van der Waals surface area contributed by atoms with Gasteiger partial charge in [0.2, 0.25) is 0 Å². The Hall–Kier alpha value is -2.47. The molecule has 0 amide bonds. The predicted molar refractivity (Wildman–Crippen MR) is 122 cm³/mol. The van der Waals surface area contributed by atoms with Gasteiger partial charge in [-0.3, -0.25) is 4.79 Å². The van der Waals surface area contributed by atoms with Crippen LogP contribution >= 0.6 is 22.9 Å². The number of thiophene rings is 1. The highest BCUT2D eigenvalue weighted by molar-refractivity contribution is 7.19. The Bertz CT molecular complexity index is 1230. The number of rotatable bonds is 5. The number of aryl methyl sites for hydroxylation is 2. The topological polar surface area (TPSA) is 57.8 Å². The molecule has 4 rings (SSSR count). The second-order valence-corrected chi connectivity index (χ2v) is 8.83. The van der Waals surface area contributed by atoms with Crippen molar-refractivity contribution in [2.75, 3.05) is 0 Å².